The van der Waals surface area contributed by atoms with Crippen LogP contribution < -0.4 is 10.2 Å². The Labute approximate surface area is 104 Å². The van der Waals surface area contributed by atoms with E-state index in [9.17, 15) is 0 Å². The van der Waals surface area contributed by atoms with Gasteiger partial charge in [0.05, 0.1) is 11.9 Å². The summed E-state index contributed by atoms with van der Waals surface area (Å²) in [4.78, 5) is 8.62. The number of aromatic nitrogens is 2. The van der Waals surface area contributed by atoms with Crippen molar-refractivity contribution in [2.75, 3.05) is 39.6 Å². The van der Waals surface area contributed by atoms with Crippen molar-refractivity contribution in [3.8, 4) is 0 Å². The van der Waals surface area contributed by atoms with E-state index in [1.165, 1.54) is 5.69 Å². The Balaban J connectivity index is 2.47. The summed E-state index contributed by atoms with van der Waals surface area (Å²) in [5.74, 6) is 0.988. The van der Waals surface area contributed by atoms with Crippen molar-refractivity contribution in [1.82, 2.24) is 19.8 Å². The van der Waals surface area contributed by atoms with Gasteiger partial charge in [0.2, 0.25) is 5.95 Å². The van der Waals surface area contributed by atoms with Crippen molar-refractivity contribution in [3.63, 3.8) is 0 Å². The highest BCUT2D eigenvalue weighted by Crippen LogP contribution is 2.10. The molecule has 0 aromatic carbocycles. The molecular formula is C12H25N5. The molecule has 0 saturated heterocycles. The molecular weight excluding hydrogens is 214 g/mol. The summed E-state index contributed by atoms with van der Waals surface area (Å²) in [6.45, 7) is 4.05. The number of nitrogens with one attached hydrogen (secondary N) is 1. The van der Waals surface area contributed by atoms with Crippen LogP contribution in [0.3, 0.4) is 0 Å². The molecule has 17 heavy (non-hydrogen) atoms. The lowest BCUT2D eigenvalue weighted by molar-refractivity contribution is 0.302. The lowest BCUT2D eigenvalue weighted by Gasteiger charge is -2.20. The van der Waals surface area contributed by atoms with E-state index in [0.29, 0.717) is 6.04 Å². The molecule has 0 aliphatic heterocycles. The van der Waals surface area contributed by atoms with Crippen molar-refractivity contribution in [2.45, 2.75) is 19.5 Å². The van der Waals surface area contributed by atoms with Crippen molar-refractivity contribution in [2.24, 2.45) is 7.05 Å². The second-order valence-corrected chi connectivity index (χ2v) is 4.95. The van der Waals surface area contributed by atoms with Crippen LogP contribution in [0, 0.1) is 0 Å². The maximum atomic E-state index is 4.39. The highest BCUT2D eigenvalue weighted by molar-refractivity contribution is 5.30. The maximum Gasteiger partial charge on any atom is 0.204 e. The largest absolute Gasteiger partial charge is 0.348 e. The fourth-order valence-electron chi connectivity index (χ4n) is 1.61. The number of anilines is 1. The van der Waals surface area contributed by atoms with Crippen LogP contribution in [0.1, 0.15) is 12.6 Å². The van der Waals surface area contributed by atoms with Gasteiger partial charge in [-0.2, -0.15) is 0 Å². The van der Waals surface area contributed by atoms with Gasteiger partial charge in [0, 0.05) is 40.3 Å². The molecule has 0 aliphatic rings. The summed E-state index contributed by atoms with van der Waals surface area (Å²) in [5, 5.41) is 3.45. The lowest BCUT2D eigenvalue weighted by atomic mass is 10.3. The third-order valence-corrected chi connectivity index (χ3v) is 3.09. The van der Waals surface area contributed by atoms with Crippen molar-refractivity contribution >= 4 is 5.95 Å². The van der Waals surface area contributed by atoms with E-state index >= 15 is 0 Å². The quantitative estimate of drug-likeness (QED) is 0.785. The lowest BCUT2D eigenvalue weighted by Crippen LogP contribution is -2.35. The van der Waals surface area contributed by atoms with Gasteiger partial charge in [-0.05, 0) is 21.0 Å². The van der Waals surface area contributed by atoms with Crippen LogP contribution in [-0.2, 0) is 13.6 Å². The molecule has 0 saturated carbocycles. The molecule has 0 fully saturated rings. The molecule has 0 amide bonds. The molecule has 1 rings (SSSR count). The topological polar surface area (TPSA) is 36.3 Å². The van der Waals surface area contributed by atoms with Crippen LogP contribution in [0.25, 0.3) is 0 Å². The van der Waals surface area contributed by atoms with Crippen LogP contribution in [0.5, 0.6) is 0 Å². The van der Waals surface area contributed by atoms with Crippen LogP contribution in [0.15, 0.2) is 6.20 Å². The average molecular weight is 239 g/mol. The summed E-state index contributed by atoms with van der Waals surface area (Å²) < 4.78 is 2.12. The first-order valence-electron chi connectivity index (χ1n) is 5.98. The SMILES string of the molecule is CC(CNCc1cnc(N(C)C)n1C)N(C)C. The minimum absolute atomic E-state index is 0.538. The molecule has 1 heterocycles. The molecule has 0 spiro atoms. The smallest absolute Gasteiger partial charge is 0.204 e. The fourth-order valence-corrected chi connectivity index (χ4v) is 1.61. The third kappa shape index (κ3) is 3.71. The Bertz CT molecular complexity index is 343. The molecule has 5 nitrogen and oxygen atoms in total. The van der Waals surface area contributed by atoms with Gasteiger partial charge < -0.3 is 19.7 Å². The Kier molecular flexibility index (Phi) is 4.96. The minimum atomic E-state index is 0.538. The van der Waals surface area contributed by atoms with E-state index < -0.39 is 0 Å². The van der Waals surface area contributed by atoms with Gasteiger partial charge in [0.15, 0.2) is 0 Å². The predicted molar refractivity (Wildman–Crippen MR) is 72.4 cm³/mol. The highest BCUT2D eigenvalue weighted by atomic mass is 15.3. The van der Waals surface area contributed by atoms with E-state index in [1.807, 2.05) is 25.2 Å². The second kappa shape index (κ2) is 6.02. The number of hydrogen-bond donors (Lipinski definition) is 1. The van der Waals surface area contributed by atoms with E-state index in [1.54, 1.807) is 0 Å². The van der Waals surface area contributed by atoms with E-state index in [4.69, 9.17) is 0 Å². The maximum absolute atomic E-state index is 4.39. The predicted octanol–water partition coefficient (Wildman–Crippen LogP) is 0.526. The van der Waals surface area contributed by atoms with Crippen molar-refractivity contribution in [1.29, 1.82) is 0 Å². The summed E-state index contributed by atoms with van der Waals surface area (Å²) in [5.41, 5.74) is 1.21. The molecule has 0 aliphatic carbocycles. The van der Waals surface area contributed by atoms with Gasteiger partial charge in [-0.3, -0.25) is 0 Å². The van der Waals surface area contributed by atoms with E-state index in [-0.39, 0.29) is 0 Å². The first-order chi connectivity index (χ1) is 7.93. The minimum Gasteiger partial charge on any atom is -0.348 e. The Morgan fingerprint density at radius 1 is 1.35 bits per heavy atom. The van der Waals surface area contributed by atoms with Crippen molar-refractivity contribution in [3.05, 3.63) is 11.9 Å². The van der Waals surface area contributed by atoms with Gasteiger partial charge in [-0.1, -0.05) is 0 Å². The zero-order valence-electron chi connectivity index (χ0n) is 11.9. The van der Waals surface area contributed by atoms with E-state index in [0.717, 1.165) is 19.0 Å². The molecule has 1 atom stereocenters. The first-order valence-corrected chi connectivity index (χ1v) is 5.98. The Morgan fingerprint density at radius 2 is 2.00 bits per heavy atom. The van der Waals surface area contributed by atoms with Gasteiger partial charge in [-0.15, -0.1) is 0 Å². The molecule has 0 radical (unpaired) electrons. The Morgan fingerprint density at radius 3 is 2.47 bits per heavy atom. The number of imidazole rings is 1. The highest BCUT2D eigenvalue weighted by Gasteiger charge is 2.08. The number of rotatable bonds is 6. The van der Waals surface area contributed by atoms with Crippen LogP contribution >= 0.6 is 0 Å². The van der Waals surface area contributed by atoms with Gasteiger partial charge in [-0.25, -0.2) is 4.98 Å². The number of nitrogens with zero attached hydrogens (tertiary/aromatic N) is 4. The van der Waals surface area contributed by atoms with Gasteiger partial charge >= 0.3 is 0 Å². The normalized spacial score (nSPS) is 13.1. The average Bonchev–Trinajstić information content (AvgIpc) is 2.60. The first kappa shape index (κ1) is 14.0. The van der Waals surface area contributed by atoms with Gasteiger partial charge in [0.1, 0.15) is 0 Å². The summed E-state index contributed by atoms with van der Waals surface area (Å²) in [6, 6.07) is 0.538. The Hall–Kier alpha value is -1.07. The molecule has 5 heteroatoms. The van der Waals surface area contributed by atoms with Gasteiger partial charge in [0.25, 0.3) is 0 Å². The van der Waals surface area contributed by atoms with E-state index in [2.05, 4.69) is 47.8 Å². The zero-order valence-corrected chi connectivity index (χ0v) is 11.9. The van der Waals surface area contributed by atoms with Crippen LogP contribution in [0.4, 0.5) is 5.95 Å². The summed E-state index contributed by atoms with van der Waals surface area (Å²) in [6.07, 6.45) is 1.93. The third-order valence-electron chi connectivity index (χ3n) is 3.09. The standard InChI is InChI=1S/C12H25N5/c1-10(15(2)3)7-13-8-11-9-14-12(16(4)5)17(11)6/h9-10,13H,7-8H2,1-6H3. The van der Waals surface area contributed by atoms with Crippen LogP contribution in [0.2, 0.25) is 0 Å². The molecule has 1 aromatic rings. The summed E-state index contributed by atoms with van der Waals surface area (Å²) >= 11 is 0. The molecule has 0 bridgehead atoms. The number of hydrogen-bond acceptors (Lipinski definition) is 4. The summed E-state index contributed by atoms with van der Waals surface area (Å²) in [7, 11) is 10.3. The number of likely N-dealkylation sites (N-methyl/N-ethyl adjacent to an activating group) is 1. The zero-order chi connectivity index (χ0) is 13.0. The fraction of sp³-hybridized carbons (Fsp3) is 0.750. The second-order valence-electron chi connectivity index (χ2n) is 4.95. The molecule has 1 N–H and O–H groups in total. The molecule has 1 aromatic heterocycles. The molecule has 1 unspecified atom stereocenters. The van der Waals surface area contributed by atoms with Crippen molar-refractivity contribution < 1.29 is 0 Å². The van der Waals surface area contributed by atoms with Crippen LogP contribution in [-0.4, -0.2) is 55.2 Å². The molecule has 98 valence electrons. The monoisotopic (exact) mass is 239 g/mol.